The van der Waals surface area contributed by atoms with Crippen molar-refractivity contribution in [1.29, 1.82) is 0 Å². The minimum atomic E-state index is -0.621. The zero-order chi connectivity index (χ0) is 19.9. The van der Waals surface area contributed by atoms with Crippen molar-refractivity contribution >= 4 is 23.2 Å². The number of carbonyl (C=O) groups is 2. The van der Waals surface area contributed by atoms with Crippen LogP contribution in [0.2, 0.25) is 0 Å². The van der Waals surface area contributed by atoms with Gasteiger partial charge in [-0.1, -0.05) is 80.6 Å². The second-order valence-corrected chi connectivity index (χ2v) is 7.88. The second kappa shape index (κ2) is 9.33. The van der Waals surface area contributed by atoms with Gasteiger partial charge >= 0.3 is 0 Å². The van der Waals surface area contributed by atoms with Crippen LogP contribution in [0.4, 0.5) is 0 Å². The van der Waals surface area contributed by atoms with E-state index >= 15 is 0 Å². The number of rotatable bonds is 7. The molecule has 1 heterocycles. The van der Waals surface area contributed by atoms with Crippen molar-refractivity contribution in [2.45, 2.75) is 25.9 Å². The average molecular weight is 393 g/mol. The van der Waals surface area contributed by atoms with Crippen LogP contribution in [0, 0.1) is 5.92 Å². The summed E-state index contributed by atoms with van der Waals surface area (Å²) in [6, 6.07) is 22.4. The summed E-state index contributed by atoms with van der Waals surface area (Å²) >= 11 is 1.36. The lowest BCUT2D eigenvalue weighted by molar-refractivity contribution is -0.124. The van der Waals surface area contributed by atoms with E-state index in [-0.39, 0.29) is 23.8 Å². The first-order valence-electron chi connectivity index (χ1n) is 9.31. The van der Waals surface area contributed by atoms with Gasteiger partial charge in [0.05, 0.1) is 10.9 Å². The van der Waals surface area contributed by atoms with Crippen LogP contribution in [0.1, 0.15) is 40.7 Å². The third-order valence-corrected chi connectivity index (χ3v) is 5.40. The molecule has 0 saturated carbocycles. The monoisotopic (exact) mass is 392 g/mol. The van der Waals surface area contributed by atoms with Crippen LogP contribution in [0.15, 0.2) is 78.2 Å². The molecule has 2 amide bonds. The molecule has 1 aromatic heterocycles. The van der Waals surface area contributed by atoms with Crippen LogP contribution >= 0.6 is 11.3 Å². The predicted molar refractivity (Wildman–Crippen MR) is 113 cm³/mol. The Morgan fingerprint density at radius 3 is 1.82 bits per heavy atom. The Bertz CT molecular complexity index is 853. The summed E-state index contributed by atoms with van der Waals surface area (Å²) < 4.78 is 0. The Morgan fingerprint density at radius 1 is 0.786 bits per heavy atom. The van der Waals surface area contributed by atoms with Gasteiger partial charge in [0.25, 0.3) is 5.91 Å². The van der Waals surface area contributed by atoms with E-state index in [9.17, 15) is 9.59 Å². The van der Waals surface area contributed by atoms with Crippen LogP contribution in [0.3, 0.4) is 0 Å². The van der Waals surface area contributed by atoms with Gasteiger partial charge in [0.1, 0.15) is 6.04 Å². The second-order valence-electron chi connectivity index (χ2n) is 6.94. The zero-order valence-corrected chi connectivity index (χ0v) is 16.8. The van der Waals surface area contributed by atoms with Gasteiger partial charge in [-0.15, -0.1) is 11.3 Å². The van der Waals surface area contributed by atoms with Crippen LogP contribution < -0.4 is 10.6 Å². The molecule has 28 heavy (non-hydrogen) atoms. The summed E-state index contributed by atoms with van der Waals surface area (Å²) in [6.45, 7) is 3.86. The molecule has 1 atom stereocenters. The van der Waals surface area contributed by atoms with E-state index in [2.05, 4.69) is 10.6 Å². The van der Waals surface area contributed by atoms with E-state index in [1.165, 1.54) is 11.3 Å². The van der Waals surface area contributed by atoms with E-state index in [4.69, 9.17) is 0 Å². The Labute approximate surface area is 169 Å². The van der Waals surface area contributed by atoms with Gasteiger partial charge in [0.15, 0.2) is 0 Å². The van der Waals surface area contributed by atoms with Crippen molar-refractivity contribution < 1.29 is 9.59 Å². The maximum atomic E-state index is 13.1. The lowest BCUT2D eigenvalue weighted by Gasteiger charge is -2.26. The Morgan fingerprint density at radius 2 is 1.36 bits per heavy atom. The van der Waals surface area contributed by atoms with E-state index in [1.807, 2.05) is 86.0 Å². The summed E-state index contributed by atoms with van der Waals surface area (Å²) in [5.74, 6) is -0.464. The summed E-state index contributed by atoms with van der Waals surface area (Å²) in [4.78, 5) is 26.2. The van der Waals surface area contributed by atoms with Crippen molar-refractivity contribution in [2.75, 3.05) is 0 Å². The fraction of sp³-hybridized carbons (Fsp3) is 0.217. The van der Waals surface area contributed by atoms with E-state index in [1.54, 1.807) is 6.07 Å². The highest BCUT2D eigenvalue weighted by atomic mass is 32.1. The van der Waals surface area contributed by atoms with Crippen molar-refractivity contribution in [3.8, 4) is 0 Å². The number of hydrogen-bond donors (Lipinski definition) is 2. The standard InChI is InChI=1S/C23H24N2O2S/c1-16(2)20(24-22(26)19-14-9-15-28-19)23(27)25-21(17-10-5-3-6-11-17)18-12-7-4-8-13-18/h3-16,20-21H,1-2H3,(H,24,26)(H,25,27)/t20-/m0/s1. The molecular formula is C23H24N2O2S. The van der Waals surface area contributed by atoms with Crippen molar-refractivity contribution in [2.24, 2.45) is 5.92 Å². The van der Waals surface area contributed by atoms with Crippen molar-refractivity contribution in [3.05, 3.63) is 94.2 Å². The summed E-state index contributed by atoms with van der Waals surface area (Å²) in [6.07, 6.45) is 0. The smallest absolute Gasteiger partial charge is 0.262 e. The van der Waals surface area contributed by atoms with Crippen LogP contribution in [-0.4, -0.2) is 17.9 Å². The number of amides is 2. The van der Waals surface area contributed by atoms with Gasteiger partial charge in [-0.3, -0.25) is 9.59 Å². The van der Waals surface area contributed by atoms with E-state index in [0.717, 1.165) is 11.1 Å². The van der Waals surface area contributed by atoms with Crippen LogP contribution in [0.25, 0.3) is 0 Å². The minimum absolute atomic E-state index is 0.0453. The Balaban J connectivity index is 1.82. The molecule has 0 bridgehead atoms. The average Bonchev–Trinajstić information content (AvgIpc) is 3.26. The lowest BCUT2D eigenvalue weighted by Crippen LogP contribution is -2.50. The number of benzene rings is 2. The fourth-order valence-corrected chi connectivity index (χ4v) is 3.66. The predicted octanol–water partition coefficient (Wildman–Crippen LogP) is 4.41. The first-order chi connectivity index (χ1) is 13.6. The highest BCUT2D eigenvalue weighted by Crippen LogP contribution is 2.22. The molecule has 3 rings (SSSR count). The third-order valence-electron chi connectivity index (χ3n) is 4.53. The number of carbonyl (C=O) groups excluding carboxylic acids is 2. The maximum absolute atomic E-state index is 13.1. The van der Waals surface area contributed by atoms with Crippen LogP contribution in [-0.2, 0) is 4.79 Å². The highest BCUT2D eigenvalue weighted by molar-refractivity contribution is 7.12. The fourth-order valence-electron chi connectivity index (χ4n) is 3.04. The molecule has 0 saturated heterocycles. The summed E-state index contributed by atoms with van der Waals surface area (Å²) in [7, 11) is 0. The van der Waals surface area contributed by atoms with Crippen molar-refractivity contribution in [1.82, 2.24) is 10.6 Å². The van der Waals surface area contributed by atoms with E-state index < -0.39 is 6.04 Å². The Kier molecular flexibility index (Phi) is 6.61. The molecular weight excluding hydrogens is 368 g/mol. The summed E-state index contributed by atoms with van der Waals surface area (Å²) in [5, 5.41) is 7.87. The highest BCUT2D eigenvalue weighted by Gasteiger charge is 2.27. The van der Waals surface area contributed by atoms with Gasteiger partial charge in [-0.05, 0) is 28.5 Å². The molecule has 0 aliphatic carbocycles. The molecule has 2 aromatic carbocycles. The SMILES string of the molecule is CC(C)[C@H](NC(=O)c1cccs1)C(=O)NC(c1ccccc1)c1ccccc1. The lowest BCUT2D eigenvalue weighted by atomic mass is 9.97. The minimum Gasteiger partial charge on any atom is -0.343 e. The van der Waals surface area contributed by atoms with Gasteiger partial charge in [0.2, 0.25) is 5.91 Å². The molecule has 0 spiro atoms. The molecule has 4 nitrogen and oxygen atoms in total. The van der Waals surface area contributed by atoms with Gasteiger partial charge < -0.3 is 10.6 Å². The molecule has 0 radical (unpaired) electrons. The number of hydrogen-bond acceptors (Lipinski definition) is 3. The largest absolute Gasteiger partial charge is 0.343 e. The summed E-state index contributed by atoms with van der Waals surface area (Å²) in [5.41, 5.74) is 1.99. The van der Waals surface area contributed by atoms with Gasteiger partial charge in [-0.2, -0.15) is 0 Å². The molecule has 5 heteroatoms. The van der Waals surface area contributed by atoms with Crippen LogP contribution in [0.5, 0.6) is 0 Å². The number of nitrogens with one attached hydrogen (secondary N) is 2. The first-order valence-corrected chi connectivity index (χ1v) is 10.2. The molecule has 3 aromatic rings. The zero-order valence-electron chi connectivity index (χ0n) is 16.0. The normalized spacial score (nSPS) is 12.0. The first kappa shape index (κ1) is 19.8. The van der Waals surface area contributed by atoms with Gasteiger partial charge in [-0.25, -0.2) is 0 Å². The van der Waals surface area contributed by atoms with Crippen molar-refractivity contribution in [3.63, 3.8) is 0 Å². The molecule has 0 fully saturated rings. The quantitative estimate of drug-likeness (QED) is 0.626. The number of thiophene rings is 1. The molecule has 0 unspecified atom stereocenters. The maximum Gasteiger partial charge on any atom is 0.262 e. The molecule has 2 N–H and O–H groups in total. The molecule has 0 aliphatic heterocycles. The third kappa shape index (κ3) is 4.87. The van der Waals surface area contributed by atoms with E-state index in [0.29, 0.717) is 4.88 Å². The van der Waals surface area contributed by atoms with Gasteiger partial charge in [0, 0.05) is 0 Å². The molecule has 144 valence electrons. The molecule has 0 aliphatic rings. The Hall–Kier alpha value is -2.92. The topological polar surface area (TPSA) is 58.2 Å².